The van der Waals surface area contributed by atoms with Gasteiger partial charge in [0.1, 0.15) is 17.3 Å². The molecule has 0 radical (unpaired) electrons. The minimum atomic E-state index is -0.244. The van der Waals surface area contributed by atoms with Gasteiger partial charge in [0.05, 0.1) is 26.5 Å². The summed E-state index contributed by atoms with van der Waals surface area (Å²) in [6.45, 7) is 2.80. The molecule has 1 atom stereocenters. The van der Waals surface area contributed by atoms with Gasteiger partial charge in [0.25, 0.3) is 0 Å². The second-order valence-electron chi connectivity index (χ2n) is 6.51. The Balaban J connectivity index is 1.43. The summed E-state index contributed by atoms with van der Waals surface area (Å²) in [6, 6.07) is 14.4. The third-order valence-corrected chi connectivity index (χ3v) is 4.60. The summed E-state index contributed by atoms with van der Waals surface area (Å²) in [5.74, 6) is 0.600. The molecule has 0 saturated carbocycles. The van der Waals surface area contributed by atoms with Gasteiger partial charge in [0.15, 0.2) is 6.23 Å². The standard InChI is InChI=1S/C20H21FN4O2/c1-26-18-8-4-15(5-9-18)12-24-10-11-27-20(24)19-14-25(23-22-19)13-16-2-6-17(21)7-3-16/h2-9,14,20H,10-13H2,1H3/t20-/m0/s1. The monoisotopic (exact) mass is 368 g/mol. The van der Waals surface area contributed by atoms with E-state index in [1.54, 1.807) is 23.9 Å². The van der Waals surface area contributed by atoms with Crippen molar-refractivity contribution in [2.75, 3.05) is 20.3 Å². The molecule has 1 aromatic heterocycles. The Morgan fingerprint density at radius 3 is 2.52 bits per heavy atom. The van der Waals surface area contributed by atoms with Gasteiger partial charge < -0.3 is 9.47 Å². The summed E-state index contributed by atoms with van der Waals surface area (Å²) in [6.07, 6.45) is 1.68. The summed E-state index contributed by atoms with van der Waals surface area (Å²) >= 11 is 0. The molecule has 0 amide bonds. The van der Waals surface area contributed by atoms with Crippen LogP contribution in [-0.2, 0) is 17.8 Å². The molecule has 27 heavy (non-hydrogen) atoms. The lowest BCUT2D eigenvalue weighted by atomic mass is 10.2. The van der Waals surface area contributed by atoms with Crippen molar-refractivity contribution in [2.24, 2.45) is 0 Å². The minimum Gasteiger partial charge on any atom is -0.497 e. The molecule has 1 aliphatic heterocycles. The van der Waals surface area contributed by atoms with E-state index in [2.05, 4.69) is 27.3 Å². The second kappa shape index (κ2) is 7.85. The van der Waals surface area contributed by atoms with E-state index in [9.17, 15) is 4.39 Å². The number of methoxy groups -OCH3 is 1. The van der Waals surface area contributed by atoms with Crippen molar-refractivity contribution in [3.8, 4) is 5.75 Å². The molecular weight excluding hydrogens is 347 g/mol. The topological polar surface area (TPSA) is 52.4 Å². The van der Waals surface area contributed by atoms with E-state index in [0.717, 1.165) is 30.1 Å². The van der Waals surface area contributed by atoms with E-state index in [1.807, 2.05) is 18.3 Å². The van der Waals surface area contributed by atoms with Crippen molar-refractivity contribution < 1.29 is 13.9 Å². The van der Waals surface area contributed by atoms with Gasteiger partial charge in [-0.2, -0.15) is 0 Å². The van der Waals surface area contributed by atoms with Crippen LogP contribution in [0.1, 0.15) is 23.0 Å². The van der Waals surface area contributed by atoms with E-state index >= 15 is 0 Å². The summed E-state index contributed by atoms with van der Waals surface area (Å²) < 4.78 is 25.9. The highest BCUT2D eigenvalue weighted by Crippen LogP contribution is 2.27. The van der Waals surface area contributed by atoms with Crippen LogP contribution >= 0.6 is 0 Å². The first-order valence-electron chi connectivity index (χ1n) is 8.84. The van der Waals surface area contributed by atoms with Gasteiger partial charge >= 0.3 is 0 Å². The molecule has 7 heteroatoms. The normalized spacial score (nSPS) is 17.3. The Hall–Kier alpha value is -2.77. The highest BCUT2D eigenvalue weighted by Gasteiger charge is 2.29. The Bertz CT molecular complexity index is 880. The summed E-state index contributed by atoms with van der Waals surface area (Å²) in [5.41, 5.74) is 2.93. The van der Waals surface area contributed by atoms with E-state index in [1.165, 1.54) is 17.7 Å². The zero-order valence-electron chi connectivity index (χ0n) is 15.1. The van der Waals surface area contributed by atoms with Gasteiger partial charge in [-0.25, -0.2) is 9.07 Å². The largest absolute Gasteiger partial charge is 0.497 e. The Morgan fingerprint density at radius 2 is 1.78 bits per heavy atom. The van der Waals surface area contributed by atoms with Crippen LogP contribution in [0.2, 0.25) is 0 Å². The number of ether oxygens (including phenoxy) is 2. The summed E-state index contributed by atoms with van der Waals surface area (Å²) in [5, 5.41) is 8.48. The van der Waals surface area contributed by atoms with Gasteiger partial charge in [0, 0.05) is 13.1 Å². The maximum atomic E-state index is 13.0. The first-order valence-corrected chi connectivity index (χ1v) is 8.84. The van der Waals surface area contributed by atoms with Crippen LogP contribution < -0.4 is 4.74 Å². The molecule has 0 aliphatic carbocycles. The van der Waals surface area contributed by atoms with Gasteiger partial charge in [0.2, 0.25) is 0 Å². The minimum absolute atomic E-state index is 0.214. The Labute approximate surface area is 157 Å². The van der Waals surface area contributed by atoms with Crippen molar-refractivity contribution in [3.63, 3.8) is 0 Å². The number of hydrogen-bond donors (Lipinski definition) is 0. The molecule has 1 aliphatic rings. The summed E-state index contributed by atoms with van der Waals surface area (Å²) in [4.78, 5) is 2.23. The molecular formula is C20H21FN4O2. The van der Waals surface area contributed by atoms with Gasteiger partial charge in [-0.15, -0.1) is 5.10 Å². The van der Waals surface area contributed by atoms with Crippen LogP contribution in [0.3, 0.4) is 0 Å². The number of nitrogens with zero attached hydrogens (tertiary/aromatic N) is 4. The Morgan fingerprint density at radius 1 is 1.07 bits per heavy atom. The lowest BCUT2D eigenvalue weighted by Crippen LogP contribution is -2.23. The SMILES string of the molecule is COc1ccc(CN2CCO[C@H]2c2cn(Cc3ccc(F)cc3)nn2)cc1. The molecule has 4 rings (SSSR count). The van der Waals surface area contributed by atoms with Crippen molar-refractivity contribution in [2.45, 2.75) is 19.3 Å². The molecule has 0 bridgehead atoms. The van der Waals surface area contributed by atoms with Crippen LogP contribution in [0.15, 0.2) is 54.7 Å². The highest BCUT2D eigenvalue weighted by atomic mass is 19.1. The number of halogens is 1. The van der Waals surface area contributed by atoms with E-state index in [0.29, 0.717) is 13.2 Å². The third kappa shape index (κ3) is 4.15. The predicted molar refractivity (Wildman–Crippen MR) is 97.6 cm³/mol. The van der Waals surface area contributed by atoms with Gasteiger partial charge in [-0.05, 0) is 35.4 Å². The van der Waals surface area contributed by atoms with Crippen LogP contribution in [0.25, 0.3) is 0 Å². The number of benzene rings is 2. The maximum Gasteiger partial charge on any atom is 0.157 e. The van der Waals surface area contributed by atoms with E-state index in [4.69, 9.17) is 9.47 Å². The zero-order chi connectivity index (χ0) is 18.6. The molecule has 0 unspecified atom stereocenters. The van der Waals surface area contributed by atoms with Crippen LogP contribution in [0, 0.1) is 5.82 Å². The molecule has 0 spiro atoms. The fourth-order valence-corrected chi connectivity index (χ4v) is 3.18. The predicted octanol–water partition coefficient (Wildman–Crippen LogP) is 3.01. The zero-order valence-corrected chi connectivity index (χ0v) is 15.1. The average molecular weight is 368 g/mol. The Kier molecular flexibility index (Phi) is 5.13. The number of aromatic nitrogens is 3. The van der Waals surface area contributed by atoms with Crippen LogP contribution in [-0.4, -0.2) is 40.2 Å². The first kappa shape index (κ1) is 17.6. The first-order chi connectivity index (χ1) is 13.2. The molecule has 3 aromatic rings. The lowest BCUT2D eigenvalue weighted by molar-refractivity contribution is 0.0252. The van der Waals surface area contributed by atoms with Crippen molar-refractivity contribution >= 4 is 0 Å². The van der Waals surface area contributed by atoms with Crippen LogP contribution in [0.5, 0.6) is 5.75 Å². The molecule has 1 saturated heterocycles. The van der Waals surface area contributed by atoms with Crippen LogP contribution in [0.4, 0.5) is 4.39 Å². The van der Waals surface area contributed by atoms with E-state index in [-0.39, 0.29) is 12.0 Å². The summed E-state index contributed by atoms with van der Waals surface area (Å²) in [7, 11) is 1.66. The van der Waals surface area contributed by atoms with Crippen molar-refractivity contribution in [3.05, 3.63) is 77.4 Å². The lowest BCUT2D eigenvalue weighted by Gasteiger charge is -2.21. The molecule has 1 fully saturated rings. The number of hydrogen-bond acceptors (Lipinski definition) is 5. The smallest absolute Gasteiger partial charge is 0.157 e. The average Bonchev–Trinajstić information content (AvgIpc) is 3.33. The molecule has 6 nitrogen and oxygen atoms in total. The van der Waals surface area contributed by atoms with Crippen molar-refractivity contribution in [1.82, 2.24) is 19.9 Å². The van der Waals surface area contributed by atoms with Crippen molar-refractivity contribution in [1.29, 1.82) is 0 Å². The quantitative estimate of drug-likeness (QED) is 0.670. The third-order valence-electron chi connectivity index (χ3n) is 4.60. The fraction of sp³-hybridized carbons (Fsp3) is 0.300. The number of rotatable bonds is 6. The molecule has 0 N–H and O–H groups in total. The molecule has 2 heterocycles. The highest BCUT2D eigenvalue weighted by molar-refractivity contribution is 5.27. The molecule has 140 valence electrons. The fourth-order valence-electron chi connectivity index (χ4n) is 3.18. The van der Waals surface area contributed by atoms with E-state index < -0.39 is 0 Å². The molecule has 2 aromatic carbocycles. The maximum absolute atomic E-state index is 13.0. The second-order valence-corrected chi connectivity index (χ2v) is 6.51. The van der Waals surface area contributed by atoms with Gasteiger partial charge in [-0.1, -0.05) is 29.5 Å². The van der Waals surface area contributed by atoms with Gasteiger partial charge in [-0.3, -0.25) is 4.90 Å².